The predicted molar refractivity (Wildman–Crippen MR) is 181 cm³/mol. The second kappa shape index (κ2) is 14.8. The van der Waals surface area contributed by atoms with Crippen molar-refractivity contribution < 1.29 is 26.5 Å². The monoisotopic (exact) mass is 683 g/mol. The van der Waals surface area contributed by atoms with Gasteiger partial charge in [-0.15, -0.1) is 4.41 Å². The quantitative estimate of drug-likeness (QED) is 0.0866. The van der Waals surface area contributed by atoms with Crippen molar-refractivity contribution in [2.45, 2.75) is 68.5 Å². The Bertz CT molecular complexity index is 1960. The van der Waals surface area contributed by atoms with Crippen LogP contribution < -0.4 is 17.1 Å². The maximum Gasteiger partial charge on any atom is 0.343 e. The van der Waals surface area contributed by atoms with Crippen LogP contribution in [0.15, 0.2) is 94.7 Å². The van der Waals surface area contributed by atoms with Crippen LogP contribution in [0, 0.1) is 5.41 Å². The summed E-state index contributed by atoms with van der Waals surface area (Å²) in [7, 11) is -8.33. The average molecular weight is 684 g/mol. The second-order valence-corrected chi connectivity index (χ2v) is 15.0. The van der Waals surface area contributed by atoms with Crippen LogP contribution in [0.4, 0.5) is 0 Å². The molecule has 0 heterocycles. The lowest BCUT2D eigenvalue weighted by atomic mass is 10.1. The number of hydrogen-bond acceptors (Lipinski definition) is 9. The normalized spacial score (nSPS) is 13.1. The van der Waals surface area contributed by atoms with Gasteiger partial charge in [0.2, 0.25) is 5.96 Å². The smallest absolute Gasteiger partial charge is 0.343 e. The first-order valence-electron chi connectivity index (χ1n) is 15.1. The van der Waals surface area contributed by atoms with E-state index in [0.29, 0.717) is 10.8 Å². The van der Waals surface area contributed by atoms with Gasteiger partial charge in [0.05, 0.1) is 9.79 Å². The van der Waals surface area contributed by atoms with E-state index in [2.05, 4.69) is 5.59 Å². The number of carbonyl (C=O) groups excluding carboxylic acids is 1. The van der Waals surface area contributed by atoms with E-state index in [9.17, 15) is 21.6 Å². The Morgan fingerprint density at radius 2 is 1.28 bits per heavy atom. The van der Waals surface area contributed by atoms with Crippen molar-refractivity contribution in [1.29, 1.82) is 5.41 Å². The molecule has 0 amide bonds. The minimum atomic E-state index is -4.17. The molecular formula is C32H41N7O6S2. The lowest BCUT2D eigenvalue weighted by molar-refractivity contribution is -0.162. The molecule has 4 rings (SSSR count). The Morgan fingerprint density at radius 1 is 0.787 bits per heavy atom. The molecule has 13 nitrogen and oxygen atoms in total. The molecule has 0 spiro atoms. The molecule has 47 heavy (non-hydrogen) atoms. The first-order valence-corrected chi connectivity index (χ1v) is 17.9. The number of nitrogens with two attached hydrogens (primary N) is 2. The average Bonchev–Trinajstić information content (AvgIpc) is 3.02. The fourth-order valence-electron chi connectivity index (χ4n) is 5.24. The summed E-state index contributed by atoms with van der Waals surface area (Å²) in [5.41, 5.74) is 14.2. The SMILES string of the molecule is CC(C)N(NOC(=O)[C@@H](N)CCCN(C(=N)N)N(C(C)C)S(=O)(=O)c1cccc2ccccc12)S(=O)(=O)c1cccc2ccccc12. The molecule has 1 atom stereocenters. The third-order valence-electron chi connectivity index (χ3n) is 7.41. The zero-order valence-corrected chi connectivity index (χ0v) is 28.3. The third kappa shape index (κ3) is 7.72. The van der Waals surface area contributed by atoms with Gasteiger partial charge in [0.15, 0.2) is 0 Å². The highest BCUT2D eigenvalue weighted by atomic mass is 32.2. The molecule has 0 bridgehead atoms. The summed E-state index contributed by atoms with van der Waals surface area (Å²) < 4.78 is 57.1. The number of guanidine groups is 1. The predicted octanol–water partition coefficient (Wildman–Crippen LogP) is 3.67. The van der Waals surface area contributed by atoms with Crippen LogP contribution in [-0.4, -0.2) is 67.3 Å². The maximum absolute atomic E-state index is 14.0. The molecule has 4 aromatic rings. The van der Waals surface area contributed by atoms with Gasteiger partial charge in [0.1, 0.15) is 6.04 Å². The zero-order valence-electron chi connectivity index (χ0n) is 26.7. The molecule has 0 unspecified atom stereocenters. The summed E-state index contributed by atoms with van der Waals surface area (Å²) in [6.45, 7) is 6.51. The number of benzene rings is 4. The fraction of sp³-hybridized carbons (Fsp3) is 0.312. The van der Waals surface area contributed by atoms with Crippen molar-refractivity contribution in [2.75, 3.05) is 6.54 Å². The molecule has 0 aliphatic heterocycles. The van der Waals surface area contributed by atoms with Gasteiger partial charge in [-0.1, -0.05) is 82.8 Å². The zero-order chi connectivity index (χ0) is 34.5. The number of hydrogen-bond donors (Lipinski definition) is 4. The summed E-state index contributed by atoms with van der Waals surface area (Å²) in [6, 6.07) is 21.5. The molecule has 0 saturated heterocycles. The van der Waals surface area contributed by atoms with Gasteiger partial charge in [-0.25, -0.2) is 21.6 Å². The van der Waals surface area contributed by atoms with Gasteiger partial charge in [0, 0.05) is 29.4 Å². The number of carbonyl (C=O) groups is 1. The molecule has 0 aliphatic rings. The van der Waals surface area contributed by atoms with E-state index in [1.54, 1.807) is 82.3 Å². The third-order valence-corrected chi connectivity index (χ3v) is 11.4. The number of sulfonamides is 2. The number of nitrogens with zero attached hydrogens (tertiary/aromatic N) is 3. The van der Waals surface area contributed by atoms with Crippen LogP contribution in [0.1, 0.15) is 40.5 Å². The van der Waals surface area contributed by atoms with Gasteiger partial charge in [-0.2, -0.15) is 0 Å². The number of fused-ring (bicyclic) bond motifs is 2. The summed E-state index contributed by atoms with van der Waals surface area (Å²) in [4.78, 5) is 18.1. The van der Waals surface area contributed by atoms with E-state index in [0.717, 1.165) is 24.6 Å². The highest BCUT2D eigenvalue weighted by molar-refractivity contribution is 7.89. The molecule has 0 fully saturated rings. The van der Waals surface area contributed by atoms with E-state index in [1.165, 1.54) is 12.1 Å². The van der Waals surface area contributed by atoms with Crippen molar-refractivity contribution in [2.24, 2.45) is 11.5 Å². The van der Waals surface area contributed by atoms with Crippen molar-refractivity contribution in [1.82, 2.24) is 19.4 Å². The van der Waals surface area contributed by atoms with Gasteiger partial charge >= 0.3 is 5.97 Å². The molecule has 0 aliphatic carbocycles. The molecule has 252 valence electrons. The van der Waals surface area contributed by atoms with Gasteiger partial charge in [-0.05, 0) is 63.4 Å². The minimum absolute atomic E-state index is 0.0162. The highest BCUT2D eigenvalue weighted by Gasteiger charge is 2.35. The van der Waals surface area contributed by atoms with Crippen LogP contribution in [0.2, 0.25) is 0 Å². The molecule has 0 radical (unpaired) electrons. The second-order valence-electron chi connectivity index (χ2n) is 11.5. The molecular weight excluding hydrogens is 643 g/mol. The fourth-order valence-corrected chi connectivity index (χ4v) is 8.75. The molecule has 15 heteroatoms. The van der Waals surface area contributed by atoms with Crippen LogP contribution in [-0.2, 0) is 29.7 Å². The van der Waals surface area contributed by atoms with Crippen LogP contribution >= 0.6 is 0 Å². The Labute approximate surface area is 275 Å². The largest absolute Gasteiger partial charge is 0.369 e. The molecule has 0 saturated carbocycles. The minimum Gasteiger partial charge on any atom is -0.369 e. The lowest BCUT2D eigenvalue weighted by Gasteiger charge is -2.37. The van der Waals surface area contributed by atoms with Crippen molar-refractivity contribution in [3.63, 3.8) is 0 Å². The van der Waals surface area contributed by atoms with E-state index < -0.39 is 50.1 Å². The lowest BCUT2D eigenvalue weighted by Crippen LogP contribution is -2.55. The Balaban J connectivity index is 1.44. The standard InChI is InChI=1S/C32H41N7O6S2/c1-22(2)38(46(41,42)29-19-9-14-24-12-5-7-16-26(24)29)36-45-31(40)28(33)18-11-21-37(32(34)35)39(23(3)4)47(43,44)30-20-10-15-25-13-6-8-17-27(25)30/h5-10,12-17,19-20,22-23,28,36H,11,18,21,33H2,1-4H3,(H3,34,35)/t28-/m0/s1. The van der Waals surface area contributed by atoms with Crippen molar-refractivity contribution in [3.8, 4) is 0 Å². The summed E-state index contributed by atoms with van der Waals surface area (Å²) in [5, 5.41) is 11.8. The molecule has 4 aromatic carbocycles. The van der Waals surface area contributed by atoms with E-state index >= 15 is 0 Å². The Morgan fingerprint density at radius 3 is 1.77 bits per heavy atom. The first kappa shape index (κ1) is 35.7. The van der Waals surface area contributed by atoms with Crippen LogP contribution in [0.3, 0.4) is 0 Å². The number of rotatable bonds is 14. The van der Waals surface area contributed by atoms with E-state index in [4.69, 9.17) is 21.7 Å². The Kier molecular flexibility index (Phi) is 11.2. The molecule has 0 aromatic heterocycles. The van der Waals surface area contributed by atoms with Crippen LogP contribution in [0.5, 0.6) is 0 Å². The summed E-state index contributed by atoms with van der Waals surface area (Å²) in [5.74, 6) is -1.44. The van der Waals surface area contributed by atoms with E-state index in [1.807, 2.05) is 18.2 Å². The summed E-state index contributed by atoms with van der Waals surface area (Å²) >= 11 is 0. The van der Waals surface area contributed by atoms with E-state index in [-0.39, 0.29) is 29.2 Å². The summed E-state index contributed by atoms with van der Waals surface area (Å²) in [6.07, 6.45) is 0.161. The van der Waals surface area contributed by atoms with Gasteiger partial charge < -0.3 is 16.3 Å². The first-order chi connectivity index (χ1) is 22.2. The Hall–Kier alpha value is -4.12. The molecule has 6 N–H and O–H groups in total. The maximum atomic E-state index is 14.0. The van der Waals surface area contributed by atoms with Gasteiger partial charge in [0.25, 0.3) is 20.0 Å². The number of hydrazine groups is 2. The van der Waals surface area contributed by atoms with Crippen molar-refractivity contribution >= 4 is 53.5 Å². The van der Waals surface area contributed by atoms with Gasteiger partial charge in [-0.3, -0.25) is 10.4 Å². The van der Waals surface area contributed by atoms with Crippen LogP contribution in [0.25, 0.3) is 21.5 Å². The number of nitrogens with one attached hydrogen (secondary N) is 2. The topological polar surface area (TPSA) is 192 Å². The van der Waals surface area contributed by atoms with Crippen molar-refractivity contribution in [3.05, 3.63) is 84.9 Å². The highest BCUT2D eigenvalue weighted by Crippen LogP contribution is 2.29.